The molecule has 0 aliphatic carbocycles. The quantitative estimate of drug-likeness (QED) is 0.597. The molecule has 0 atom stereocenters. The number of amides is 2. The SMILES string of the molecule is COc1cccc(Oc2ccccc2NC(=O)Nc2nccs2)c1C(C)=O. The smallest absolute Gasteiger partial charge is 0.325 e. The number of thiazole rings is 1. The number of aromatic nitrogens is 1. The monoisotopic (exact) mass is 383 g/mol. The molecule has 1 heterocycles. The van der Waals surface area contributed by atoms with Crippen molar-refractivity contribution in [3.63, 3.8) is 0 Å². The van der Waals surface area contributed by atoms with Crippen LogP contribution in [0.25, 0.3) is 0 Å². The predicted molar refractivity (Wildman–Crippen MR) is 104 cm³/mol. The number of carbonyl (C=O) groups is 2. The van der Waals surface area contributed by atoms with Gasteiger partial charge in [0, 0.05) is 11.6 Å². The number of carbonyl (C=O) groups excluding carboxylic acids is 2. The third-order valence-electron chi connectivity index (χ3n) is 3.57. The minimum atomic E-state index is -0.446. The molecular weight excluding hydrogens is 366 g/mol. The molecule has 2 aromatic carbocycles. The summed E-state index contributed by atoms with van der Waals surface area (Å²) in [4.78, 5) is 28.2. The van der Waals surface area contributed by atoms with E-state index in [1.807, 2.05) is 0 Å². The van der Waals surface area contributed by atoms with Crippen molar-refractivity contribution in [2.45, 2.75) is 6.92 Å². The average molecular weight is 383 g/mol. The Morgan fingerprint density at radius 1 is 1.00 bits per heavy atom. The molecule has 27 heavy (non-hydrogen) atoms. The van der Waals surface area contributed by atoms with E-state index in [0.717, 1.165) is 0 Å². The van der Waals surface area contributed by atoms with E-state index in [1.165, 1.54) is 25.4 Å². The van der Waals surface area contributed by atoms with Gasteiger partial charge in [0.15, 0.2) is 16.7 Å². The largest absolute Gasteiger partial charge is 0.496 e. The highest BCUT2D eigenvalue weighted by Crippen LogP contribution is 2.35. The summed E-state index contributed by atoms with van der Waals surface area (Å²) in [6.07, 6.45) is 1.60. The fraction of sp³-hybridized carbons (Fsp3) is 0.105. The first-order valence-electron chi connectivity index (χ1n) is 8.01. The standard InChI is InChI=1S/C19H17N3O4S/c1-12(23)17-15(25-2)8-5-9-16(17)26-14-7-4-3-6-13(14)21-18(24)22-19-20-10-11-27-19/h3-11H,1-2H3,(H2,20,21,22,24). The lowest BCUT2D eigenvalue weighted by Crippen LogP contribution is -2.19. The fourth-order valence-corrected chi connectivity index (χ4v) is 2.95. The molecule has 2 amide bonds. The van der Waals surface area contributed by atoms with Crippen LogP contribution in [-0.4, -0.2) is 23.9 Å². The Bertz CT molecular complexity index is 957. The third kappa shape index (κ3) is 4.42. The molecule has 0 spiro atoms. The zero-order valence-electron chi connectivity index (χ0n) is 14.7. The highest BCUT2D eigenvalue weighted by molar-refractivity contribution is 7.13. The summed E-state index contributed by atoms with van der Waals surface area (Å²) < 4.78 is 11.2. The van der Waals surface area contributed by atoms with Gasteiger partial charge >= 0.3 is 6.03 Å². The van der Waals surface area contributed by atoms with Crippen molar-refractivity contribution < 1.29 is 19.1 Å². The molecule has 0 radical (unpaired) electrons. The summed E-state index contributed by atoms with van der Waals surface area (Å²) in [6.45, 7) is 1.44. The molecule has 2 N–H and O–H groups in total. The maximum absolute atomic E-state index is 12.2. The lowest BCUT2D eigenvalue weighted by Gasteiger charge is -2.15. The lowest BCUT2D eigenvalue weighted by molar-refractivity contribution is 0.101. The zero-order valence-corrected chi connectivity index (χ0v) is 15.5. The minimum absolute atomic E-state index is 0.186. The zero-order chi connectivity index (χ0) is 19.2. The van der Waals surface area contributed by atoms with E-state index >= 15 is 0 Å². The molecule has 0 bridgehead atoms. The summed E-state index contributed by atoms with van der Waals surface area (Å²) in [5, 5.41) is 7.61. The fourth-order valence-electron chi connectivity index (χ4n) is 2.43. The normalized spacial score (nSPS) is 10.1. The number of ether oxygens (including phenoxy) is 2. The molecule has 0 fully saturated rings. The summed E-state index contributed by atoms with van der Waals surface area (Å²) >= 11 is 1.31. The Kier molecular flexibility index (Phi) is 5.68. The summed E-state index contributed by atoms with van der Waals surface area (Å²) in [6, 6.07) is 11.6. The molecule has 0 saturated heterocycles. The van der Waals surface area contributed by atoms with Gasteiger partial charge in [0.05, 0.1) is 12.8 Å². The van der Waals surface area contributed by atoms with Crippen LogP contribution in [0.15, 0.2) is 54.0 Å². The number of ketones is 1. The highest BCUT2D eigenvalue weighted by atomic mass is 32.1. The van der Waals surface area contributed by atoms with Gasteiger partial charge in [-0.3, -0.25) is 10.1 Å². The Labute approximate surface area is 160 Å². The van der Waals surface area contributed by atoms with Gasteiger partial charge in [0.25, 0.3) is 0 Å². The Hall–Kier alpha value is -3.39. The van der Waals surface area contributed by atoms with Gasteiger partial charge in [0.1, 0.15) is 17.1 Å². The van der Waals surface area contributed by atoms with Gasteiger partial charge in [0.2, 0.25) is 0 Å². The molecule has 138 valence electrons. The minimum Gasteiger partial charge on any atom is -0.496 e. The van der Waals surface area contributed by atoms with Crippen molar-refractivity contribution in [2.24, 2.45) is 0 Å². The third-order valence-corrected chi connectivity index (χ3v) is 4.26. The van der Waals surface area contributed by atoms with Crippen LogP contribution in [0.5, 0.6) is 17.2 Å². The van der Waals surface area contributed by atoms with Gasteiger partial charge in [-0.05, 0) is 31.2 Å². The molecule has 3 aromatic rings. The van der Waals surface area contributed by atoms with Gasteiger partial charge in [-0.25, -0.2) is 9.78 Å². The number of rotatable bonds is 6. The van der Waals surface area contributed by atoms with E-state index in [2.05, 4.69) is 15.6 Å². The van der Waals surface area contributed by atoms with Crippen LogP contribution in [0.4, 0.5) is 15.6 Å². The predicted octanol–water partition coefficient (Wildman–Crippen LogP) is 4.79. The van der Waals surface area contributed by atoms with Gasteiger partial charge in [-0.1, -0.05) is 18.2 Å². The van der Waals surface area contributed by atoms with E-state index in [1.54, 1.807) is 54.0 Å². The summed E-state index contributed by atoms with van der Waals surface area (Å²) in [5.74, 6) is 0.973. The Morgan fingerprint density at radius 2 is 1.74 bits per heavy atom. The van der Waals surface area contributed by atoms with E-state index in [-0.39, 0.29) is 5.78 Å². The van der Waals surface area contributed by atoms with E-state index in [4.69, 9.17) is 9.47 Å². The van der Waals surface area contributed by atoms with Crippen molar-refractivity contribution in [2.75, 3.05) is 17.7 Å². The number of urea groups is 1. The van der Waals surface area contributed by atoms with Crippen LogP contribution in [0.3, 0.4) is 0 Å². The van der Waals surface area contributed by atoms with Crippen molar-refractivity contribution in [1.82, 2.24) is 4.98 Å². The molecule has 8 heteroatoms. The number of benzene rings is 2. The van der Waals surface area contributed by atoms with Crippen LogP contribution in [0.1, 0.15) is 17.3 Å². The maximum Gasteiger partial charge on any atom is 0.325 e. The number of Topliss-reactive ketones (excluding diaryl/α,β-unsaturated/α-hetero) is 1. The first kappa shape index (κ1) is 18.4. The second-order valence-electron chi connectivity index (χ2n) is 5.40. The van der Waals surface area contributed by atoms with E-state index < -0.39 is 6.03 Å². The van der Waals surface area contributed by atoms with Crippen LogP contribution in [0, 0.1) is 0 Å². The second-order valence-corrected chi connectivity index (χ2v) is 6.30. The first-order valence-corrected chi connectivity index (χ1v) is 8.88. The number of nitrogens with one attached hydrogen (secondary N) is 2. The number of hydrogen-bond donors (Lipinski definition) is 2. The molecule has 0 aliphatic heterocycles. The Morgan fingerprint density at radius 3 is 2.44 bits per heavy atom. The van der Waals surface area contributed by atoms with Crippen molar-refractivity contribution in [3.8, 4) is 17.2 Å². The Balaban J connectivity index is 1.85. The van der Waals surface area contributed by atoms with Crippen LogP contribution in [0.2, 0.25) is 0 Å². The molecule has 0 saturated carbocycles. The maximum atomic E-state index is 12.2. The van der Waals surface area contributed by atoms with Gasteiger partial charge in [-0.2, -0.15) is 0 Å². The number of para-hydroxylation sites is 2. The first-order chi connectivity index (χ1) is 13.1. The molecule has 7 nitrogen and oxygen atoms in total. The number of methoxy groups -OCH3 is 1. The topological polar surface area (TPSA) is 89.6 Å². The second kappa shape index (κ2) is 8.33. The van der Waals surface area contributed by atoms with Crippen LogP contribution >= 0.6 is 11.3 Å². The summed E-state index contributed by atoms with van der Waals surface area (Å²) in [5.41, 5.74) is 0.783. The highest BCUT2D eigenvalue weighted by Gasteiger charge is 2.17. The number of nitrogens with zero attached hydrogens (tertiary/aromatic N) is 1. The van der Waals surface area contributed by atoms with E-state index in [9.17, 15) is 9.59 Å². The average Bonchev–Trinajstić information content (AvgIpc) is 3.15. The molecule has 1 aromatic heterocycles. The lowest BCUT2D eigenvalue weighted by atomic mass is 10.1. The van der Waals surface area contributed by atoms with Gasteiger partial charge < -0.3 is 14.8 Å². The van der Waals surface area contributed by atoms with Crippen molar-refractivity contribution in [1.29, 1.82) is 0 Å². The van der Waals surface area contributed by atoms with Crippen molar-refractivity contribution >= 4 is 34.0 Å². The van der Waals surface area contributed by atoms with Crippen LogP contribution < -0.4 is 20.1 Å². The van der Waals surface area contributed by atoms with Crippen LogP contribution in [-0.2, 0) is 0 Å². The van der Waals surface area contributed by atoms with Crippen molar-refractivity contribution in [3.05, 3.63) is 59.6 Å². The number of anilines is 2. The summed E-state index contributed by atoms with van der Waals surface area (Å²) in [7, 11) is 1.49. The molecular formula is C19H17N3O4S. The molecule has 3 rings (SSSR count). The van der Waals surface area contributed by atoms with Gasteiger partial charge in [-0.15, -0.1) is 11.3 Å². The number of hydrogen-bond acceptors (Lipinski definition) is 6. The molecule has 0 unspecified atom stereocenters. The molecule has 0 aliphatic rings. The van der Waals surface area contributed by atoms with E-state index in [0.29, 0.717) is 33.6 Å².